The second-order valence-corrected chi connectivity index (χ2v) is 6.99. The summed E-state index contributed by atoms with van der Waals surface area (Å²) >= 11 is 0. The molecule has 0 spiro atoms. The van der Waals surface area contributed by atoms with Crippen LogP contribution in [0.5, 0.6) is 0 Å². The van der Waals surface area contributed by atoms with Crippen molar-refractivity contribution in [1.29, 1.82) is 0 Å². The molecule has 22 heavy (non-hydrogen) atoms. The number of fused-ring (bicyclic) bond motifs is 1. The van der Waals surface area contributed by atoms with Gasteiger partial charge in [0.25, 0.3) is 5.91 Å². The Morgan fingerprint density at radius 2 is 1.91 bits per heavy atom. The Bertz CT molecular complexity index is 604. The van der Waals surface area contributed by atoms with Crippen molar-refractivity contribution in [2.75, 3.05) is 18.0 Å². The number of pyridine rings is 1. The van der Waals surface area contributed by atoms with E-state index in [1.165, 1.54) is 6.42 Å². The molecule has 0 aromatic carbocycles. The summed E-state index contributed by atoms with van der Waals surface area (Å²) in [4.78, 5) is 19.1. The smallest absolute Gasteiger partial charge is 0.252 e. The number of carbonyl (C=O) groups is 1. The van der Waals surface area contributed by atoms with E-state index in [2.05, 4.69) is 18.7 Å². The lowest BCUT2D eigenvalue weighted by molar-refractivity contribution is -0.0406. The van der Waals surface area contributed by atoms with E-state index in [1.54, 1.807) is 0 Å². The molecule has 1 saturated heterocycles. The molecular weight excluding hydrogens is 278 g/mol. The molecule has 0 unspecified atom stereocenters. The highest BCUT2D eigenvalue weighted by Gasteiger charge is 2.33. The molecule has 0 saturated carbocycles. The van der Waals surface area contributed by atoms with E-state index in [1.807, 2.05) is 6.92 Å². The fraction of sp³-hybridized carbons (Fsp3) is 0.647. The van der Waals surface area contributed by atoms with Gasteiger partial charge in [-0.25, -0.2) is 4.98 Å². The number of hydrogen-bond donors (Lipinski definition) is 1. The summed E-state index contributed by atoms with van der Waals surface area (Å²) in [6.07, 6.45) is 4.23. The van der Waals surface area contributed by atoms with Crippen LogP contribution < -0.4 is 10.6 Å². The van der Waals surface area contributed by atoms with E-state index in [4.69, 9.17) is 15.5 Å². The molecule has 1 amide bonds. The number of nitrogens with zero attached hydrogens (tertiary/aromatic N) is 2. The normalized spacial score (nSPS) is 20.6. The molecule has 0 aliphatic carbocycles. The molecule has 1 fully saturated rings. The highest BCUT2D eigenvalue weighted by Crippen LogP contribution is 2.35. The molecule has 1 aromatic heterocycles. The highest BCUT2D eigenvalue weighted by molar-refractivity contribution is 6.00. The number of anilines is 1. The zero-order valence-electron chi connectivity index (χ0n) is 13.7. The number of carbonyl (C=O) groups excluding carboxylic acids is 1. The molecule has 3 rings (SSSR count). The lowest BCUT2D eigenvalue weighted by Gasteiger charge is -2.36. The average molecular weight is 303 g/mol. The number of hydrogen-bond acceptors (Lipinski definition) is 4. The molecule has 120 valence electrons. The Balaban J connectivity index is 2.14. The second-order valence-electron chi connectivity index (χ2n) is 6.99. The number of amides is 1. The molecule has 0 atom stereocenters. The number of aromatic nitrogens is 1. The zero-order valence-corrected chi connectivity index (χ0v) is 13.7. The highest BCUT2D eigenvalue weighted by atomic mass is 16.5. The summed E-state index contributed by atoms with van der Waals surface area (Å²) in [5.74, 6) is 0.406. The van der Waals surface area contributed by atoms with Gasteiger partial charge in [0.05, 0.1) is 17.8 Å². The van der Waals surface area contributed by atoms with Crippen molar-refractivity contribution in [3.63, 3.8) is 0 Å². The third-order valence-corrected chi connectivity index (χ3v) is 4.71. The van der Waals surface area contributed by atoms with Crippen molar-refractivity contribution in [1.82, 2.24) is 4.98 Å². The first kappa shape index (κ1) is 15.3. The first-order chi connectivity index (χ1) is 10.4. The molecule has 2 aliphatic rings. The van der Waals surface area contributed by atoms with Gasteiger partial charge < -0.3 is 15.4 Å². The van der Waals surface area contributed by atoms with Gasteiger partial charge in [-0.3, -0.25) is 4.79 Å². The average Bonchev–Trinajstić information content (AvgIpc) is 2.46. The first-order valence-corrected chi connectivity index (χ1v) is 8.10. The van der Waals surface area contributed by atoms with E-state index in [9.17, 15) is 4.79 Å². The quantitative estimate of drug-likeness (QED) is 0.910. The largest absolute Gasteiger partial charge is 0.370 e. The van der Waals surface area contributed by atoms with Crippen LogP contribution >= 0.6 is 0 Å². The van der Waals surface area contributed by atoms with Gasteiger partial charge in [0.15, 0.2) is 0 Å². The monoisotopic (exact) mass is 303 g/mol. The minimum Gasteiger partial charge on any atom is -0.370 e. The topological polar surface area (TPSA) is 68.5 Å². The van der Waals surface area contributed by atoms with Gasteiger partial charge in [0.1, 0.15) is 5.82 Å². The molecule has 2 N–H and O–H groups in total. The molecule has 2 aliphatic heterocycles. The van der Waals surface area contributed by atoms with Gasteiger partial charge in [-0.15, -0.1) is 0 Å². The van der Waals surface area contributed by atoms with Gasteiger partial charge in [-0.05, 0) is 45.6 Å². The van der Waals surface area contributed by atoms with Gasteiger partial charge in [0.2, 0.25) is 0 Å². The maximum atomic E-state index is 12.2. The van der Waals surface area contributed by atoms with Crippen LogP contribution in [0.15, 0.2) is 0 Å². The molecular formula is C17H25N3O2. The zero-order chi connectivity index (χ0) is 15.9. The van der Waals surface area contributed by atoms with Crippen LogP contribution in [0.2, 0.25) is 0 Å². The SMILES string of the molecule is Cc1nc(N2CCCCC2)c(C(N)=O)c2c1COC(C)(C)C2. The maximum absolute atomic E-state index is 12.2. The van der Waals surface area contributed by atoms with Gasteiger partial charge in [0, 0.05) is 30.8 Å². The van der Waals surface area contributed by atoms with E-state index in [-0.39, 0.29) is 11.5 Å². The van der Waals surface area contributed by atoms with E-state index < -0.39 is 0 Å². The molecule has 3 heterocycles. The lowest BCUT2D eigenvalue weighted by Crippen LogP contribution is -2.37. The van der Waals surface area contributed by atoms with Gasteiger partial charge in [-0.2, -0.15) is 0 Å². The van der Waals surface area contributed by atoms with Crippen molar-refractivity contribution in [2.24, 2.45) is 5.73 Å². The molecule has 0 bridgehead atoms. The second kappa shape index (κ2) is 5.54. The van der Waals surface area contributed by atoms with E-state index in [0.717, 1.165) is 48.6 Å². The summed E-state index contributed by atoms with van der Waals surface area (Å²) in [7, 11) is 0. The Labute approximate surface area is 131 Å². The Kier molecular flexibility index (Phi) is 3.85. The summed E-state index contributed by atoms with van der Waals surface area (Å²) in [6.45, 7) is 8.51. The van der Waals surface area contributed by atoms with Gasteiger partial charge >= 0.3 is 0 Å². The fourth-order valence-electron chi connectivity index (χ4n) is 3.51. The molecule has 5 nitrogen and oxygen atoms in total. The maximum Gasteiger partial charge on any atom is 0.252 e. The molecule has 1 aromatic rings. The number of piperidine rings is 1. The minimum atomic E-state index is -0.373. The third kappa shape index (κ3) is 2.70. The number of rotatable bonds is 2. The van der Waals surface area contributed by atoms with Crippen LogP contribution in [-0.4, -0.2) is 29.6 Å². The fourth-order valence-corrected chi connectivity index (χ4v) is 3.51. The van der Waals surface area contributed by atoms with Crippen molar-refractivity contribution in [2.45, 2.75) is 58.7 Å². The van der Waals surface area contributed by atoms with Crippen LogP contribution in [-0.2, 0) is 17.8 Å². The number of primary amides is 1. The summed E-state index contributed by atoms with van der Waals surface area (Å²) in [6, 6.07) is 0. The van der Waals surface area contributed by atoms with E-state index >= 15 is 0 Å². The molecule has 5 heteroatoms. The van der Waals surface area contributed by atoms with Gasteiger partial charge in [-0.1, -0.05) is 0 Å². The predicted molar refractivity (Wildman–Crippen MR) is 86.1 cm³/mol. The Hall–Kier alpha value is -1.62. The van der Waals surface area contributed by atoms with Crippen LogP contribution in [0.4, 0.5) is 5.82 Å². The number of ether oxygens (including phenoxy) is 1. The first-order valence-electron chi connectivity index (χ1n) is 8.10. The van der Waals surface area contributed by atoms with Crippen molar-refractivity contribution >= 4 is 11.7 Å². The number of nitrogens with two attached hydrogens (primary N) is 1. The standard InChI is InChI=1S/C17H25N3O2/c1-11-13-10-22-17(2,3)9-12(13)14(15(18)21)16(19-11)20-7-5-4-6-8-20/h4-10H2,1-3H3,(H2,18,21). The van der Waals surface area contributed by atoms with Crippen molar-refractivity contribution in [3.8, 4) is 0 Å². The van der Waals surface area contributed by atoms with Crippen LogP contribution in [0, 0.1) is 6.92 Å². The summed E-state index contributed by atoms with van der Waals surface area (Å²) in [5.41, 5.74) is 9.10. The predicted octanol–water partition coefficient (Wildman–Crippen LogP) is 2.33. The third-order valence-electron chi connectivity index (χ3n) is 4.71. The van der Waals surface area contributed by atoms with Crippen LogP contribution in [0.1, 0.15) is 60.3 Å². The van der Waals surface area contributed by atoms with E-state index in [0.29, 0.717) is 18.6 Å². The summed E-state index contributed by atoms with van der Waals surface area (Å²) < 4.78 is 5.89. The van der Waals surface area contributed by atoms with Crippen molar-refractivity contribution < 1.29 is 9.53 Å². The Morgan fingerprint density at radius 3 is 2.55 bits per heavy atom. The van der Waals surface area contributed by atoms with Crippen LogP contribution in [0.3, 0.4) is 0 Å². The Morgan fingerprint density at radius 1 is 1.23 bits per heavy atom. The molecule has 0 radical (unpaired) electrons. The summed E-state index contributed by atoms with van der Waals surface area (Å²) in [5, 5.41) is 0. The van der Waals surface area contributed by atoms with Crippen LogP contribution in [0.25, 0.3) is 0 Å². The lowest BCUT2D eigenvalue weighted by atomic mass is 9.87. The van der Waals surface area contributed by atoms with Crippen molar-refractivity contribution in [3.05, 3.63) is 22.4 Å². The number of aryl methyl sites for hydroxylation is 1. The minimum absolute atomic E-state index is 0.274.